The summed E-state index contributed by atoms with van der Waals surface area (Å²) >= 11 is 13.7. The van der Waals surface area contributed by atoms with Crippen molar-refractivity contribution < 1.29 is 9.18 Å². The summed E-state index contributed by atoms with van der Waals surface area (Å²) in [7, 11) is 3.95. The number of carbonyl (C=O) groups excluding carboxylic acids is 1. The number of halogens is 3. The smallest absolute Gasteiger partial charge is 0.261 e. The summed E-state index contributed by atoms with van der Waals surface area (Å²) < 4.78 is 14.3. The number of rotatable bonds is 6. The van der Waals surface area contributed by atoms with Crippen LogP contribution >= 0.6 is 34.5 Å². The average molecular weight is 426 g/mol. The number of amides is 1. The van der Waals surface area contributed by atoms with Crippen LogP contribution in [0.5, 0.6) is 0 Å². The Hall–Kier alpha value is -1.73. The first-order chi connectivity index (χ1) is 12.9. The lowest BCUT2D eigenvalue weighted by atomic mass is 10.2. The van der Waals surface area contributed by atoms with Crippen molar-refractivity contribution in [3.63, 3.8) is 0 Å². The van der Waals surface area contributed by atoms with Gasteiger partial charge in [-0.3, -0.25) is 9.69 Å². The first-order valence-electron chi connectivity index (χ1n) is 8.33. The molecule has 0 saturated carbocycles. The zero-order valence-corrected chi connectivity index (χ0v) is 17.2. The van der Waals surface area contributed by atoms with Crippen LogP contribution in [0, 0.1) is 5.82 Å². The van der Waals surface area contributed by atoms with Crippen LogP contribution in [0.1, 0.15) is 16.8 Å². The molecule has 0 N–H and O–H groups in total. The van der Waals surface area contributed by atoms with E-state index in [0.717, 1.165) is 23.7 Å². The monoisotopic (exact) mass is 425 g/mol. The molecule has 1 heterocycles. The Balaban J connectivity index is 1.98. The number of nitrogens with zero attached hydrogens (tertiary/aromatic N) is 3. The molecular formula is C19H18Cl2FN3OS. The first-order valence-corrected chi connectivity index (χ1v) is 9.91. The molecular weight excluding hydrogens is 408 g/mol. The van der Waals surface area contributed by atoms with Gasteiger partial charge in [0.15, 0.2) is 5.13 Å². The fraction of sp³-hybridized carbons (Fsp3) is 0.263. The van der Waals surface area contributed by atoms with Gasteiger partial charge >= 0.3 is 0 Å². The zero-order valence-electron chi connectivity index (χ0n) is 14.9. The highest BCUT2D eigenvalue weighted by Gasteiger charge is 2.23. The summed E-state index contributed by atoms with van der Waals surface area (Å²) in [5.74, 6) is -0.795. The molecule has 0 saturated heterocycles. The highest BCUT2D eigenvalue weighted by Crippen LogP contribution is 2.34. The van der Waals surface area contributed by atoms with Crippen molar-refractivity contribution >= 4 is 55.8 Å². The van der Waals surface area contributed by atoms with Gasteiger partial charge in [0.2, 0.25) is 0 Å². The van der Waals surface area contributed by atoms with Crippen molar-refractivity contribution in [1.82, 2.24) is 9.88 Å². The third-order valence-electron chi connectivity index (χ3n) is 3.98. The SMILES string of the molecule is CN(C)CCCN(C(=O)c1ccc(F)cc1Cl)c1nc2c(Cl)cccc2s1. The fourth-order valence-electron chi connectivity index (χ4n) is 2.66. The molecule has 0 atom stereocenters. The standard InChI is InChI=1S/C19H18Cl2FN3OS/c1-24(2)9-4-10-25(18(26)13-8-7-12(22)11-15(13)21)19-23-17-14(20)5-3-6-16(17)27-19/h3,5-8,11H,4,9-10H2,1-2H3. The molecule has 27 heavy (non-hydrogen) atoms. The van der Waals surface area contributed by atoms with Crippen LogP contribution in [0.25, 0.3) is 10.2 Å². The number of benzene rings is 2. The molecule has 0 fully saturated rings. The molecule has 4 nitrogen and oxygen atoms in total. The molecule has 0 aliphatic heterocycles. The highest BCUT2D eigenvalue weighted by molar-refractivity contribution is 7.22. The Kier molecular flexibility index (Phi) is 6.32. The average Bonchev–Trinajstić information content (AvgIpc) is 3.03. The highest BCUT2D eigenvalue weighted by atomic mass is 35.5. The van der Waals surface area contributed by atoms with Crippen LogP contribution < -0.4 is 4.90 Å². The number of aromatic nitrogens is 1. The van der Waals surface area contributed by atoms with Crippen LogP contribution in [-0.2, 0) is 0 Å². The molecule has 1 aromatic heterocycles. The number of fused-ring (bicyclic) bond motifs is 1. The van der Waals surface area contributed by atoms with Crippen molar-refractivity contribution in [3.8, 4) is 0 Å². The molecule has 3 aromatic rings. The summed E-state index contributed by atoms with van der Waals surface area (Å²) in [6.45, 7) is 1.27. The van der Waals surface area contributed by atoms with Gasteiger partial charge < -0.3 is 4.90 Å². The van der Waals surface area contributed by atoms with Crippen LogP contribution in [0.4, 0.5) is 9.52 Å². The Labute approximate surface area is 171 Å². The van der Waals surface area contributed by atoms with Crippen LogP contribution in [0.3, 0.4) is 0 Å². The maximum atomic E-state index is 13.4. The Morgan fingerprint density at radius 3 is 2.59 bits per heavy atom. The van der Waals surface area contributed by atoms with E-state index in [-0.39, 0.29) is 16.5 Å². The molecule has 0 aliphatic rings. The van der Waals surface area contributed by atoms with E-state index in [1.54, 1.807) is 11.0 Å². The number of hydrogen-bond donors (Lipinski definition) is 0. The van der Waals surface area contributed by atoms with Crippen molar-refractivity contribution in [3.05, 3.63) is 57.8 Å². The molecule has 0 aliphatic carbocycles. The van der Waals surface area contributed by atoms with Crippen molar-refractivity contribution in [2.24, 2.45) is 0 Å². The summed E-state index contributed by atoms with van der Waals surface area (Å²) in [4.78, 5) is 21.4. The van der Waals surface area contributed by atoms with Gasteiger partial charge in [-0.1, -0.05) is 40.6 Å². The molecule has 0 unspecified atom stereocenters. The van der Waals surface area contributed by atoms with Gasteiger partial charge in [0, 0.05) is 6.54 Å². The van der Waals surface area contributed by atoms with E-state index < -0.39 is 5.82 Å². The van der Waals surface area contributed by atoms with Crippen LogP contribution in [0.2, 0.25) is 10.0 Å². The van der Waals surface area contributed by atoms with Crippen LogP contribution in [0.15, 0.2) is 36.4 Å². The largest absolute Gasteiger partial charge is 0.309 e. The predicted molar refractivity (Wildman–Crippen MR) is 111 cm³/mol. The summed E-state index contributed by atoms with van der Waals surface area (Å²) in [6.07, 6.45) is 0.751. The topological polar surface area (TPSA) is 36.4 Å². The van der Waals surface area contributed by atoms with Gasteiger partial charge in [0.05, 0.1) is 20.3 Å². The normalized spacial score (nSPS) is 11.3. The Morgan fingerprint density at radius 1 is 1.15 bits per heavy atom. The number of hydrogen-bond acceptors (Lipinski definition) is 4. The van der Waals surface area contributed by atoms with Crippen molar-refractivity contribution in [2.45, 2.75) is 6.42 Å². The molecule has 0 radical (unpaired) electrons. The summed E-state index contributed by atoms with van der Waals surface area (Å²) in [5, 5.41) is 1.16. The van der Waals surface area contributed by atoms with Crippen molar-refractivity contribution in [2.75, 3.05) is 32.1 Å². The molecule has 1 amide bonds. The lowest BCUT2D eigenvalue weighted by Gasteiger charge is -2.21. The van der Waals surface area contributed by atoms with Gasteiger partial charge in [-0.05, 0) is 57.4 Å². The molecule has 142 valence electrons. The molecule has 0 bridgehead atoms. The Morgan fingerprint density at radius 2 is 1.93 bits per heavy atom. The molecule has 2 aromatic carbocycles. The second kappa shape index (κ2) is 8.52. The second-order valence-corrected chi connectivity index (χ2v) is 8.14. The fourth-order valence-corrected chi connectivity index (χ4v) is 4.19. The maximum absolute atomic E-state index is 13.4. The number of thiazole rings is 1. The van der Waals surface area contributed by atoms with E-state index in [9.17, 15) is 9.18 Å². The van der Waals surface area contributed by atoms with E-state index >= 15 is 0 Å². The van der Waals surface area contributed by atoms with Gasteiger partial charge in [-0.2, -0.15) is 0 Å². The number of anilines is 1. The summed E-state index contributed by atoms with van der Waals surface area (Å²) in [6, 6.07) is 9.30. The predicted octanol–water partition coefficient (Wildman–Crippen LogP) is 5.34. The molecule has 8 heteroatoms. The minimum atomic E-state index is -0.484. The quantitative estimate of drug-likeness (QED) is 0.534. The second-order valence-electron chi connectivity index (χ2n) is 6.32. The van der Waals surface area contributed by atoms with E-state index in [2.05, 4.69) is 4.98 Å². The van der Waals surface area contributed by atoms with Gasteiger partial charge in [0.25, 0.3) is 5.91 Å². The van der Waals surface area contributed by atoms with E-state index in [1.807, 2.05) is 31.1 Å². The lowest BCUT2D eigenvalue weighted by molar-refractivity contribution is 0.0986. The molecule has 3 rings (SSSR count). The summed E-state index contributed by atoms with van der Waals surface area (Å²) in [5.41, 5.74) is 0.906. The minimum absolute atomic E-state index is 0.0803. The van der Waals surface area contributed by atoms with Crippen LogP contribution in [-0.4, -0.2) is 43.0 Å². The van der Waals surface area contributed by atoms with E-state index in [4.69, 9.17) is 23.2 Å². The first kappa shape index (κ1) is 20.0. The van der Waals surface area contributed by atoms with Gasteiger partial charge in [-0.15, -0.1) is 0 Å². The number of carbonyl (C=O) groups is 1. The van der Waals surface area contributed by atoms with E-state index in [1.165, 1.54) is 23.5 Å². The van der Waals surface area contributed by atoms with Gasteiger partial charge in [0.1, 0.15) is 11.3 Å². The lowest BCUT2D eigenvalue weighted by Crippen LogP contribution is -2.33. The van der Waals surface area contributed by atoms with E-state index in [0.29, 0.717) is 22.2 Å². The van der Waals surface area contributed by atoms with Crippen molar-refractivity contribution in [1.29, 1.82) is 0 Å². The van der Waals surface area contributed by atoms with Gasteiger partial charge in [-0.25, -0.2) is 9.37 Å². The Bertz CT molecular complexity index is 977. The maximum Gasteiger partial charge on any atom is 0.261 e. The minimum Gasteiger partial charge on any atom is -0.309 e. The third-order valence-corrected chi connectivity index (χ3v) is 5.64. The molecule has 0 spiro atoms. The third kappa shape index (κ3) is 4.58. The number of para-hydroxylation sites is 1. The zero-order chi connectivity index (χ0) is 19.6.